The number of hydrogen-bond donors (Lipinski definition) is 0. The van der Waals surface area contributed by atoms with E-state index in [1.54, 1.807) is 13.8 Å². The Morgan fingerprint density at radius 3 is 2.46 bits per heavy atom. The van der Waals surface area contributed by atoms with E-state index < -0.39 is 11.3 Å². The first kappa shape index (κ1) is 18.3. The molecule has 3 aliphatic rings. The highest BCUT2D eigenvalue weighted by atomic mass is 19.2. The molecule has 4 heteroatoms. The zero-order valence-corrected chi connectivity index (χ0v) is 15.3. The zero-order valence-electron chi connectivity index (χ0n) is 15.3. The fraction of sp³-hybridized carbons (Fsp3) is 0.900. The Kier molecular flexibility index (Phi) is 5.10. The molecule has 2 bridgehead atoms. The molecule has 0 N–H and O–H groups in total. The number of ether oxygens (including phenoxy) is 2. The van der Waals surface area contributed by atoms with Crippen molar-refractivity contribution in [1.29, 1.82) is 0 Å². The van der Waals surface area contributed by atoms with Gasteiger partial charge >= 0.3 is 0 Å². The van der Waals surface area contributed by atoms with Gasteiger partial charge in [-0.3, -0.25) is 0 Å². The van der Waals surface area contributed by atoms with Crippen LogP contribution in [-0.4, -0.2) is 30.3 Å². The SMILES string of the molecule is C=C(C)C(C)(F)C(F)(CC)C1CC2CC1CC2OC1CCCCO1. The van der Waals surface area contributed by atoms with Crippen molar-refractivity contribution in [2.24, 2.45) is 17.8 Å². The van der Waals surface area contributed by atoms with E-state index in [4.69, 9.17) is 9.47 Å². The van der Waals surface area contributed by atoms with Crippen molar-refractivity contribution >= 4 is 0 Å². The van der Waals surface area contributed by atoms with Gasteiger partial charge in [-0.1, -0.05) is 13.5 Å². The van der Waals surface area contributed by atoms with Crippen LogP contribution in [0, 0.1) is 17.8 Å². The lowest BCUT2D eigenvalue weighted by Crippen LogP contribution is -2.53. The molecule has 0 aromatic heterocycles. The monoisotopic (exact) mass is 342 g/mol. The lowest BCUT2D eigenvalue weighted by atomic mass is 9.67. The van der Waals surface area contributed by atoms with Crippen molar-refractivity contribution in [3.05, 3.63) is 12.2 Å². The fourth-order valence-electron chi connectivity index (χ4n) is 5.26. The Labute approximate surface area is 145 Å². The van der Waals surface area contributed by atoms with Crippen molar-refractivity contribution < 1.29 is 18.3 Å². The number of rotatable bonds is 6. The Bertz CT molecular complexity index is 472. The molecule has 1 heterocycles. The van der Waals surface area contributed by atoms with E-state index in [2.05, 4.69) is 6.58 Å². The van der Waals surface area contributed by atoms with Crippen LogP contribution < -0.4 is 0 Å². The van der Waals surface area contributed by atoms with Gasteiger partial charge in [0.25, 0.3) is 0 Å². The van der Waals surface area contributed by atoms with E-state index in [9.17, 15) is 0 Å². The van der Waals surface area contributed by atoms with E-state index in [-0.39, 0.29) is 36.2 Å². The average molecular weight is 342 g/mol. The van der Waals surface area contributed by atoms with Gasteiger partial charge in [-0.05, 0) is 82.1 Å². The molecule has 7 unspecified atom stereocenters. The summed E-state index contributed by atoms with van der Waals surface area (Å²) in [4.78, 5) is 0. The molecule has 0 radical (unpaired) electrons. The normalized spacial score (nSPS) is 41.0. The second-order valence-corrected chi connectivity index (χ2v) is 8.30. The largest absolute Gasteiger partial charge is 0.353 e. The fourth-order valence-corrected chi connectivity index (χ4v) is 5.26. The summed E-state index contributed by atoms with van der Waals surface area (Å²) in [7, 11) is 0. The molecule has 3 fully saturated rings. The Balaban J connectivity index is 1.66. The third-order valence-corrected chi connectivity index (χ3v) is 6.94. The number of allylic oxidation sites excluding steroid dienone is 1. The minimum absolute atomic E-state index is 0.0929. The third kappa shape index (κ3) is 2.94. The Morgan fingerprint density at radius 1 is 1.21 bits per heavy atom. The van der Waals surface area contributed by atoms with Gasteiger partial charge in [-0.25, -0.2) is 8.78 Å². The van der Waals surface area contributed by atoms with E-state index >= 15 is 8.78 Å². The van der Waals surface area contributed by atoms with Crippen molar-refractivity contribution in [2.75, 3.05) is 6.61 Å². The lowest BCUT2D eigenvalue weighted by Gasteiger charge is -2.45. The molecule has 0 aromatic rings. The first-order valence-electron chi connectivity index (χ1n) is 9.60. The molecular formula is C20H32F2O2. The molecule has 138 valence electrons. The van der Waals surface area contributed by atoms with Gasteiger partial charge in [0.1, 0.15) is 0 Å². The molecule has 2 saturated carbocycles. The quantitative estimate of drug-likeness (QED) is 0.604. The maximum Gasteiger partial charge on any atom is 0.162 e. The van der Waals surface area contributed by atoms with E-state index in [0.717, 1.165) is 45.1 Å². The molecule has 24 heavy (non-hydrogen) atoms. The number of fused-ring (bicyclic) bond motifs is 2. The van der Waals surface area contributed by atoms with E-state index in [0.29, 0.717) is 5.92 Å². The molecule has 1 saturated heterocycles. The molecule has 2 nitrogen and oxygen atoms in total. The van der Waals surface area contributed by atoms with Crippen LogP contribution in [0.3, 0.4) is 0 Å². The van der Waals surface area contributed by atoms with E-state index in [1.807, 2.05) is 0 Å². The minimum Gasteiger partial charge on any atom is -0.353 e. The van der Waals surface area contributed by atoms with Crippen LogP contribution in [0.2, 0.25) is 0 Å². The second-order valence-electron chi connectivity index (χ2n) is 8.30. The van der Waals surface area contributed by atoms with Crippen LogP contribution in [0.1, 0.15) is 65.7 Å². The standard InChI is InChI=1S/C20H32F2O2/c1-5-20(22,19(4,21)13(2)3)16-11-15-10-14(16)12-17(15)24-18-8-6-7-9-23-18/h14-18H,2,5-12H2,1,3-4H3. The highest BCUT2D eigenvalue weighted by Gasteiger charge is 2.61. The predicted octanol–water partition coefficient (Wildman–Crippen LogP) is 5.37. The van der Waals surface area contributed by atoms with Crippen molar-refractivity contribution in [3.8, 4) is 0 Å². The summed E-state index contributed by atoms with van der Waals surface area (Å²) in [5.74, 6) is 0.322. The first-order valence-corrected chi connectivity index (χ1v) is 9.60. The average Bonchev–Trinajstić information content (AvgIpc) is 3.15. The maximum atomic E-state index is 15.8. The van der Waals surface area contributed by atoms with Crippen LogP contribution in [0.15, 0.2) is 12.2 Å². The van der Waals surface area contributed by atoms with Crippen LogP contribution >= 0.6 is 0 Å². The minimum atomic E-state index is -1.97. The van der Waals surface area contributed by atoms with Gasteiger partial charge in [-0.15, -0.1) is 0 Å². The van der Waals surface area contributed by atoms with Crippen molar-refractivity contribution in [1.82, 2.24) is 0 Å². The van der Waals surface area contributed by atoms with Gasteiger partial charge in [-0.2, -0.15) is 0 Å². The van der Waals surface area contributed by atoms with Gasteiger partial charge < -0.3 is 9.47 Å². The zero-order chi connectivity index (χ0) is 17.5. The summed E-state index contributed by atoms with van der Waals surface area (Å²) in [6, 6.07) is 0. The Hall–Kier alpha value is -0.480. The molecular weight excluding hydrogens is 310 g/mol. The maximum absolute atomic E-state index is 15.8. The topological polar surface area (TPSA) is 18.5 Å². The molecule has 1 aliphatic heterocycles. The third-order valence-electron chi connectivity index (χ3n) is 6.94. The molecule has 3 rings (SSSR count). The number of hydrogen-bond acceptors (Lipinski definition) is 2. The number of alkyl halides is 2. The summed E-state index contributed by atoms with van der Waals surface area (Å²) in [6.45, 7) is 9.22. The molecule has 0 amide bonds. The van der Waals surface area contributed by atoms with Gasteiger partial charge in [0, 0.05) is 6.61 Å². The van der Waals surface area contributed by atoms with Gasteiger partial charge in [0.15, 0.2) is 17.6 Å². The smallest absolute Gasteiger partial charge is 0.162 e. The highest BCUT2D eigenvalue weighted by molar-refractivity contribution is 5.21. The highest BCUT2D eigenvalue weighted by Crippen LogP contribution is 2.59. The van der Waals surface area contributed by atoms with Crippen LogP contribution in [-0.2, 0) is 9.47 Å². The molecule has 7 atom stereocenters. The van der Waals surface area contributed by atoms with Gasteiger partial charge in [0.2, 0.25) is 0 Å². The van der Waals surface area contributed by atoms with Gasteiger partial charge in [0.05, 0.1) is 6.10 Å². The Morgan fingerprint density at radius 2 is 1.96 bits per heavy atom. The second kappa shape index (κ2) is 6.68. The molecule has 2 aliphatic carbocycles. The summed E-state index contributed by atoms with van der Waals surface area (Å²) in [5, 5.41) is 0. The van der Waals surface area contributed by atoms with E-state index in [1.165, 1.54) is 6.92 Å². The summed E-state index contributed by atoms with van der Waals surface area (Å²) in [6.07, 6.45) is 5.99. The first-order chi connectivity index (χ1) is 11.3. The van der Waals surface area contributed by atoms with Crippen LogP contribution in [0.4, 0.5) is 8.78 Å². The van der Waals surface area contributed by atoms with Crippen molar-refractivity contribution in [3.63, 3.8) is 0 Å². The summed E-state index contributed by atoms with van der Waals surface area (Å²) < 4.78 is 42.8. The van der Waals surface area contributed by atoms with Crippen molar-refractivity contribution in [2.45, 2.75) is 89.4 Å². The number of halogens is 2. The molecule has 0 aromatic carbocycles. The summed E-state index contributed by atoms with van der Waals surface area (Å²) >= 11 is 0. The molecule has 0 spiro atoms. The summed E-state index contributed by atoms with van der Waals surface area (Å²) in [5.41, 5.74) is -3.51. The lowest BCUT2D eigenvalue weighted by molar-refractivity contribution is -0.201. The van der Waals surface area contributed by atoms with Crippen LogP contribution in [0.5, 0.6) is 0 Å². The van der Waals surface area contributed by atoms with Crippen LogP contribution in [0.25, 0.3) is 0 Å². The predicted molar refractivity (Wildman–Crippen MR) is 91.2 cm³/mol.